The Hall–Kier alpha value is -0.770. The maximum atomic E-state index is 11.6. The number of rotatable bonds is 3. The maximum Gasteiger partial charge on any atom is 0.317 e. The highest BCUT2D eigenvalue weighted by Gasteiger charge is 2.26. The Labute approximate surface area is 91.0 Å². The first kappa shape index (κ1) is 10.7. The van der Waals surface area contributed by atoms with Crippen molar-refractivity contribution in [1.82, 2.24) is 10.2 Å². The predicted molar refractivity (Wildman–Crippen MR) is 57.8 cm³/mol. The van der Waals surface area contributed by atoms with Crippen LogP contribution in [0.15, 0.2) is 0 Å². The van der Waals surface area contributed by atoms with Crippen LogP contribution >= 0.6 is 0 Å². The Bertz CT molecular complexity index is 223. The Kier molecular flexibility index (Phi) is 3.46. The molecule has 4 heteroatoms. The van der Waals surface area contributed by atoms with Crippen LogP contribution in [-0.2, 0) is 4.74 Å². The number of carbonyl (C=O) groups excluding carboxylic acids is 1. The zero-order chi connectivity index (χ0) is 10.7. The lowest BCUT2D eigenvalue weighted by Crippen LogP contribution is -2.43. The first-order chi connectivity index (χ1) is 7.25. The van der Waals surface area contributed by atoms with Gasteiger partial charge >= 0.3 is 6.03 Å². The van der Waals surface area contributed by atoms with Gasteiger partial charge in [-0.05, 0) is 32.1 Å². The molecule has 1 unspecified atom stereocenters. The largest absolute Gasteiger partial charge is 0.376 e. The summed E-state index contributed by atoms with van der Waals surface area (Å²) in [4.78, 5) is 13.4. The molecule has 0 bridgehead atoms. The van der Waals surface area contributed by atoms with E-state index in [2.05, 4.69) is 5.32 Å². The minimum absolute atomic E-state index is 0.0478. The molecular weight excluding hydrogens is 192 g/mol. The standard InChI is InChI=1S/C11H20N2O2/c1-13(11(14)12-9-5-6-9)8-10-4-2-3-7-15-10/h9-10H,2-8H2,1H3,(H,12,14). The fourth-order valence-corrected chi connectivity index (χ4v) is 1.85. The van der Waals surface area contributed by atoms with Gasteiger partial charge in [0, 0.05) is 26.2 Å². The Morgan fingerprint density at radius 3 is 2.80 bits per heavy atom. The predicted octanol–water partition coefficient (Wildman–Crippen LogP) is 1.36. The number of hydrogen-bond acceptors (Lipinski definition) is 2. The zero-order valence-electron chi connectivity index (χ0n) is 9.37. The molecule has 0 aromatic heterocycles. The van der Waals surface area contributed by atoms with Crippen molar-refractivity contribution in [3.8, 4) is 0 Å². The number of nitrogens with one attached hydrogen (secondary N) is 1. The zero-order valence-corrected chi connectivity index (χ0v) is 9.37. The third-order valence-electron chi connectivity index (χ3n) is 3.00. The van der Waals surface area contributed by atoms with Gasteiger partial charge < -0.3 is 15.0 Å². The van der Waals surface area contributed by atoms with Gasteiger partial charge in [0.25, 0.3) is 0 Å². The summed E-state index contributed by atoms with van der Waals surface area (Å²) in [5.41, 5.74) is 0. The van der Waals surface area contributed by atoms with E-state index in [0.717, 1.165) is 38.8 Å². The molecule has 1 saturated carbocycles. The summed E-state index contributed by atoms with van der Waals surface area (Å²) in [6, 6.07) is 0.485. The van der Waals surface area contributed by atoms with E-state index in [9.17, 15) is 4.79 Å². The van der Waals surface area contributed by atoms with Crippen LogP contribution in [0.25, 0.3) is 0 Å². The maximum absolute atomic E-state index is 11.6. The van der Waals surface area contributed by atoms with Crippen molar-refractivity contribution in [2.75, 3.05) is 20.2 Å². The summed E-state index contributed by atoms with van der Waals surface area (Å²) in [7, 11) is 1.84. The number of likely N-dealkylation sites (N-methyl/N-ethyl adjacent to an activating group) is 1. The van der Waals surface area contributed by atoms with Gasteiger partial charge in [-0.2, -0.15) is 0 Å². The monoisotopic (exact) mass is 212 g/mol. The lowest BCUT2D eigenvalue weighted by atomic mass is 10.1. The molecule has 2 fully saturated rings. The van der Waals surface area contributed by atoms with Gasteiger partial charge in [-0.1, -0.05) is 0 Å². The van der Waals surface area contributed by atoms with E-state index >= 15 is 0 Å². The normalized spacial score (nSPS) is 26.1. The highest BCUT2D eigenvalue weighted by molar-refractivity contribution is 5.74. The van der Waals surface area contributed by atoms with Gasteiger partial charge in [-0.25, -0.2) is 4.79 Å². The van der Waals surface area contributed by atoms with Gasteiger partial charge in [0.2, 0.25) is 0 Å². The molecule has 1 atom stereocenters. The highest BCUT2D eigenvalue weighted by atomic mass is 16.5. The minimum atomic E-state index is 0.0478. The molecule has 1 N–H and O–H groups in total. The van der Waals surface area contributed by atoms with E-state index in [1.165, 1.54) is 6.42 Å². The molecule has 1 aliphatic heterocycles. The van der Waals surface area contributed by atoms with Crippen LogP contribution < -0.4 is 5.32 Å². The molecular formula is C11H20N2O2. The molecule has 0 radical (unpaired) electrons. The first-order valence-corrected chi connectivity index (χ1v) is 5.89. The molecule has 15 heavy (non-hydrogen) atoms. The topological polar surface area (TPSA) is 41.6 Å². The molecule has 2 aliphatic rings. The van der Waals surface area contributed by atoms with E-state index in [1.807, 2.05) is 7.05 Å². The Balaban J connectivity index is 1.69. The molecule has 0 spiro atoms. The van der Waals surface area contributed by atoms with Crippen LogP contribution in [0, 0.1) is 0 Å². The summed E-state index contributed by atoms with van der Waals surface area (Å²) < 4.78 is 5.60. The van der Waals surface area contributed by atoms with Crippen LogP contribution in [0.2, 0.25) is 0 Å². The fourth-order valence-electron chi connectivity index (χ4n) is 1.85. The van der Waals surface area contributed by atoms with Crippen LogP contribution in [0.3, 0.4) is 0 Å². The number of nitrogens with zero attached hydrogens (tertiary/aromatic N) is 1. The highest BCUT2D eigenvalue weighted by Crippen LogP contribution is 2.19. The summed E-state index contributed by atoms with van der Waals surface area (Å²) in [6.07, 6.45) is 5.99. The molecule has 0 aromatic rings. The van der Waals surface area contributed by atoms with E-state index in [0.29, 0.717) is 6.04 Å². The van der Waals surface area contributed by atoms with Crippen molar-refractivity contribution >= 4 is 6.03 Å². The number of hydrogen-bond donors (Lipinski definition) is 1. The van der Waals surface area contributed by atoms with E-state index in [-0.39, 0.29) is 12.1 Å². The van der Waals surface area contributed by atoms with Gasteiger partial charge in [0.1, 0.15) is 0 Å². The third kappa shape index (κ3) is 3.38. The summed E-state index contributed by atoms with van der Waals surface area (Å²) in [5.74, 6) is 0. The summed E-state index contributed by atoms with van der Waals surface area (Å²) in [6.45, 7) is 1.57. The molecule has 86 valence electrons. The van der Waals surface area contributed by atoms with Crippen molar-refractivity contribution in [1.29, 1.82) is 0 Å². The Morgan fingerprint density at radius 2 is 2.20 bits per heavy atom. The van der Waals surface area contributed by atoms with Crippen molar-refractivity contribution in [3.63, 3.8) is 0 Å². The first-order valence-electron chi connectivity index (χ1n) is 5.89. The van der Waals surface area contributed by atoms with Crippen LogP contribution in [0.4, 0.5) is 4.79 Å². The van der Waals surface area contributed by atoms with Gasteiger partial charge in [0.15, 0.2) is 0 Å². The SMILES string of the molecule is CN(CC1CCCCO1)C(=O)NC1CC1. The molecule has 4 nitrogen and oxygen atoms in total. The second kappa shape index (κ2) is 4.84. The van der Waals surface area contributed by atoms with Gasteiger partial charge in [-0.15, -0.1) is 0 Å². The van der Waals surface area contributed by atoms with Crippen molar-refractivity contribution in [2.45, 2.75) is 44.2 Å². The van der Waals surface area contributed by atoms with Crippen LogP contribution in [0.5, 0.6) is 0 Å². The van der Waals surface area contributed by atoms with Crippen molar-refractivity contribution in [3.05, 3.63) is 0 Å². The minimum Gasteiger partial charge on any atom is -0.376 e. The molecule has 1 heterocycles. The molecule has 2 rings (SSSR count). The number of ether oxygens (including phenoxy) is 1. The molecule has 0 aromatic carbocycles. The lowest BCUT2D eigenvalue weighted by molar-refractivity contribution is 0.00385. The second-order valence-corrected chi connectivity index (χ2v) is 4.59. The lowest BCUT2D eigenvalue weighted by Gasteiger charge is -2.27. The van der Waals surface area contributed by atoms with Crippen LogP contribution in [0.1, 0.15) is 32.1 Å². The second-order valence-electron chi connectivity index (χ2n) is 4.59. The Morgan fingerprint density at radius 1 is 1.40 bits per heavy atom. The quantitative estimate of drug-likeness (QED) is 0.767. The number of carbonyl (C=O) groups is 1. The summed E-state index contributed by atoms with van der Waals surface area (Å²) in [5, 5.41) is 2.97. The fraction of sp³-hybridized carbons (Fsp3) is 0.909. The van der Waals surface area contributed by atoms with E-state index in [4.69, 9.17) is 4.74 Å². The van der Waals surface area contributed by atoms with E-state index in [1.54, 1.807) is 4.90 Å². The summed E-state index contributed by atoms with van der Waals surface area (Å²) >= 11 is 0. The number of amides is 2. The third-order valence-corrected chi connectivity index (χ3v) is 3.00. The average Bonchev–Trinajstić information content (AvgIpc) is 3.03. The molecule has 2 amide bonds. The van der Waals surface area contributed by atoms with Crippen molar-refractivity contribution < 1.29 is 9.53 Å². The van der Waals surface area contributed by atoms with Crippen molar-refractivity contribution in [2.24, 2.45) is 0 Å². The average molecular weight is 212 g/mol. The van der Waals surface area contributed by atoms with E-state index < -0.39 is 0 Å². The number of urea groups is 1. The van der Waals surface area contributed by atoms with Gasteiger partial charge in [-0.3, -0.25) is 0 Å². The molecule has 1 saturated heterocycles. The van der Waals surface area contributed by atoms with Crippen LogP contribution in [-0.4, -0.2) is 43.3 Å². The smallest absolute Gasteiger partial charge is 0.317 e. The molecule has 1 aliphatic carbocycles. The van der Waals surface area contributed by atoms with Gasteiger partial charge in [0.05, 0.1) is 6.10 Å².